The number of carbonyl (C=O) groups is 1. The molecule has 0 bridgehead atoms. The molecule has 0 spiro atoms. The minimum absolute atomic E-state index is 0.0127. The molecule has 104 valence electrons. The predicted octanol–water partition coefficient (Wildman–Crippen LogP) is 3.08. The van der Waals surface area contributed by atoms with Crippen LogP contribution in [0.2, 0.25) is 0 Å². The van der Waals surface area contributed by atoms with Gasteiger partial charge in [-0.05, 0) is 25.0 Å². The van der Waals surface area contributed by atoms with E-state index in [1.54, 1.807) is 11.9 Å². The van der Waals surface area contributed by atoms with Gasteiger partial charge in [0.05, 0.1) is 4.92 Å². The Kier molecular flexibility index (Phi) is 6.29. The number of hydrogen-bond acceptors (Lipinski definition) is 3. The summed E-state index contributed by atoms with van der Waals surface area (Å²) in [6.45, 7) is 0.659. The van der Waals surface area contributed by atoms with E-state index >= 15 is 0 Å². The summed E-state index contributed by atoms with van der Waals surface area (Å²) in [5.74, 6) is 0.515. The molecule has 0 aliphatic rings. The minimum Gasteiger partial charge on any atom is -0.342 e. The molecule has 1 aromatic rings. The maximum Gasteiger partial charge on any atom is 0.269 e. The van der Waals surface area contributed by atoms with Crippen molar-refractivity contribution in [2.45, 2.75) is 19.3 Å². The van der Waals surface area contributed by atoms with Gasteiger partial charge in [0.15, 0.2) is 0 Å². The van der Waals surface area contributed by atoms with E-state index in [1.165, 1.54) is 24.3 Å². The summed E-state index contributed by atoms with van der Waals surface area (Å²) in [6.07, 6.45) is 2.84. The second-order valence-electron chi connectivity index (χ2n) is 4.28. The number of benzene rings is 1. The van der Waals surface area contributed by atoms with E-state index in [2.05, 4.69) is 0 Å². The molecule has 0 unspecified atom stereocenters. The van der Waals surface area contributed by atoms with Crippen molar-refractivity contribution in [1.82, 2.24) is 4.90 Å². The molecule has 1 amide bonds. The summed E-state index contributed by atoms with van der Waals surface area (Å²) in [5.41, 5.74) is 0.451. The van der Waals surface area contributed by atoms with E-state index in [-0.39, 0.29) is 11.6 Å². The number of carbonyl (C=O) groups excluding carboxylic acids is 1. The van der Waals surface area contributed by atoms with E-state index in [1.807, 2.05) is 0 Å². The normalized spacial score (nSPS) is 10.2. The Morgan fingerprint density at radius 1 is 1.26 bits per heavy atom. The van der Waals surface area contributed by atoms with E-state index in [0.717, 1.165) is 19.3 Å². The third-order valence-electron chi connectivity index (χ3n) is 2.80. The highest BCUT2D eigenvalue weighted by molar-refractivity contribution is 6.17. The minimum atomic E-state index is -0.482. The first-order chi connectivity index (χ1) is 9.06. The fraction of sp³-hybridized carbons (Fsp3) is 0.462. The first kappa shape index (κ1) is 15.4. The van der Waals surface area contributed by atoms with Crippen LogP contribution in [0.1, 0.15) is 29.6 Å². The summed E-state index contributed by atoms with van der Waals surface area (Å²) in [6, 6.07) is 5.65. The van der Waals surface area contributed by atoms with Crippen molar-refractivity contribution in [1.29, 1.82) is 0 Å². The molecule has 0 aromatic heterocycles. The smallest absolute Gasteiger partial charge is 0.269 e. The van der Waals surface area contributed by atoms with Crippen LogP contribution in [-0.2, 0) is 0 Å². The Labute approximate surface area is 117 Å². The predicted molar refractivity (Wildman–Crippen MR) is 74.6 cm³/mol. The number of hydrogen-bond donors (Lipinski definition) is 0. The lowest BCUT2D eigenvalue weighted by Crippen LogP contribution is -2.27. The van der Waals surface area contributed by atoms with Crippen molar-refractivity contribution in [3.8, 4) is 0 Å². The quantitative estimate of drug-likeness (QED) is 0.334. The molecule has 0 fully saturated rings. The first-order valence-electron chi connectivity index (χ1n) is 6.12. The molecule has 0 atom stereocenters. The SMILES string of the molecule is CN(CCCCCCl)C(=O)c1ccc([N+](=O)[O-])cc1. The summed E-state index contributed by atoms with van der Waals surface area (Å²) in [5, 5.41) is 10.5. The van der Waals surface area contributed by atoms with Crippen molar-refractivity contribution in [3.63, 3.8) is 0 Å². The third kappa shape index (κ3) is 4.87. The Morgan fingerprint density at radius 2 is 1.89 bits per heavy atom. The van der Waals surface area contributed by atoms with Crippen molar-refractivity contribution in [3.05, 3.63) is 39.9 Å². The zero-order valence-electron chi connectivity index (χ0n) is 10.8. The molecule has 19 heavy (non-hydrogen) atoms. The van der Waals surface area contributed by atoms with Crippen molar-refractivity contribution >= 4 is 23.2 Å². The van der Waals surface area contributed by atoms with Gasteiger partial charge >= 0.3 is 0 Å². The number of nitrogens with zero attached hydrogens (tertiary/aromatic N) is 2. The van der Waals surface area contributed by atoms with Crippen LogP contribution in [0.4, 0.5) is 5.69 Å². The second-order valence-corrected chi connectivity index (χ2v) is 4.66. The van der Waals surface area contributed by atoms with E-state index in [9.17, 15) is 14.9 Å². The highest BCUT2D eigenvalue weighted by Crippen LogP contribution is 2.13. The molecular formula is C13H17ClN2O3. The van der Waals surface area contributed by atoms with E-state index in [0.29, 0.717) is 18.0 Å². The van der Waals surface area contributed by atoms with Gasteiger partial charge in [-0.25, -0.2) is 0 Å². The number of rotatable bonds is 7. The maximum atomic E-state index is 12.0. The number of halogens is 1. The molecule has 5 nitrogen and oxygen atoms in total. The lowest BCUT2D eigenvalue weighted by molar-refractivity contribution is -0.384. The van der Waals surface area contributed by atoms with Gasteiger partial charge in [0.2, 0.25) is 0 Å². The summed E-state index contributed by atoms with van der Waals surface area (Å²) in [4.78, 5) is 23.7. The number of nitro groups is 1. The fourth-order valence-corrected chi connectivity index (χ4v) is 1.86. The zero-order valence-corrected chi connectivity index (χ0v) is 11.6. The molecule has 0 aliphatic carbocycles. The zero-order chi connectivity index (χ0) is 14.3. The monoisotopic (exact) mass is 284 g/mol. The lowest BCUT2D eigenvalue weighted by Gasteiger charge is -2.16. The molecule has 0 saturated heterocycles. The summed E-state index contributed by atoms with van der Waals surface area (Å²) < 4.78 is 0. The fourth-order valence-electron chi connectivity index (χ4n) is 1.67. The highest BCUT2D eigenvalue weighted by atomic mass is 35.5. The van der Waals surface area contributed by atoms with Crippen LogP contribution >= 0.6 is 11.6 Å². The van der Waals surface area contributed by atoms with Crippen LogP contribution in [0.25, 0.3) is 0 Å². The highest BCUT2D eigenvalue weighted by Gasteiger charge is 2.13. The molecule has 0 aliphatic heterocycles. The lowest BCUT2D eigenvalue weighted by atomic mass is 10.1. The Bertz CT molecular complexity index is 434. The number of non-ortho nitro benzene ring substituents is 1. The Hall–Kier alpha value is -1.62. The number of alkyl halides is 1. The van der Waals surface area contributed by atoms with E-state index < -0.39 is 4.92 Å². The molecule has 0 N–H and O–H groups in total. The van der Waals surface area contributed by atoms with Crippen LogP contribution < -0.4 is 0 Å². The van der Waals surface area contributed by atoms with Gasteiger partial charge in [-0.2, -0.15) is 0 Å². The van der Waals surface area contributed by atoms with Gasteiger partial charge in [0, 0.05) is 37.2 Å². The number of unbranched alkanes of at least 4 members (excludes halogenated alkanes) is 2. The largest absolute Gasteiger partial charge is 0.342 e. The van der Waals surface area contributed by atoms with Crippen LogP contribution in [0.3, 0.4) is 0 Å². The van der Waals surface area contributed by atoms with Crippen molar-refractivity contribution in [2.24, 2.45) is 0 Å². The summed E-state index contributed by atoms with van der Waals surface area (Å²) >= 11 is 5.58. The molecule has 1 aromatic carbocycles. The number of amides is 1. The van der Waals surface area contributed by atoms with E-state index in [4.69, 9.17) is 11.6 Å². The number of nitro benzene ring substituents is 1. The molecule has 1 rings (SSSR count). The summed E-state index contributed by atoms with van der Waals surface area (Å²) in [7, 11) is 1.73. The first-order valence-corrected chi connectivity index (χ1v) is 6.65. The van der Waals surface area contributed by atoms with Gasteiger partial charge in [0.1, 0.15) is 0 Å². The van der Waals surface area contributed by atoms with Crippen LogP contribution in [0.5, 0.6) is 0 Å². The van der Waals surface area contributed by atoms with Crippen molar-refractivity contribution in [2.75, 3.05) is 19.5 Å². The average molecular weight is 285 g/mol. The van der Waals surface area contributed by atoms with Crippen molar-refractivity contribution < 1.29 is 9.72 Å². The third-order valence-corrected chi connectivity index (χ3v) is 3.07. The Balaban J connectivity index is 2.54. The van der Waals surface area contributed by atoms with Gasteiger partial charge in [0.25, 0.3) is 11.6 Å². The van der Waals surface area contributed by atoms with Crippen LogP contribution in [-0.4, -0.2) is 35.2 Å². The Morgan fingerprint density at radius 3 is 2.42 bits per heavy atom. The topological polar surface area (TPSA) is 63.5 Å². The van der Waals surface area contributed by atoms with Crippen LogP contribution in [0, 0.1) is 10.1 Å². The van der Waals surface area contributed by atoms with Crippen LogP contribution in [0.15, 0.2) is 24.3 Å². The standard InChI is InChI=1S/C13H17ClN2O3/c1-15(10-4-2-3-9-14)13(17)11-5-7-12(8-6-11)16(18)19/h5-8H,2-4,9-10H2,1H3. The maximum absolute atomic E-state index is 12.0. The molecule has 6 heteroatoms. The molecule has 0 heterocycles. The molecule has 0 radical (unpaired) electrons. The van der Waals surface area contributed by atoms with Gasteiger partial charge in [-0.1, -0.05) is 6.42 Å². The average Bonchev–Trinajstić information content (AvgIpc) is 2.42. The molecular weight excluding hydrogens is 268 g/mol. The molecule has 0 saturated carbocycles. The second kappa shape index (κ2) is 7.74. The van der Waals surface area contributed by atoms with Gasteiger partial charge in [-0.3, -0.25) is 14.9 Å². The van der Waals surface area contributed by atoms with Gasteiger partial charge in [-0.15, -0.1) is 11.6 Å². The van der Waals surface area contributed by atoms with Gasteiger partial charge < -0.3 is 4.90 Å².